The van der Waals surface area contributed by atoms with E-state index in [4.69, 9.17) is 4.74 Å². The predicted octanol–water partition coefficient (Wildman–Crippen LogP) is 1.97. The molecule has 0 bridgehead atoms. The van der Waals surface area contributed by atoms with Gasteiger partial charge in [-0.2, -0.15) is 0 Å². The first-order valence-electron chi connectivity index (χ1n) is 8.38. The highest BCUT2D eigenvalue weighted by atomic mass is 32.1. The van der Waals surface area contributed by atoms with Crippen LogP contribution in [0.15, 0.2) is 5.38 Å². The fourth-order valence-corrected chi connectivity index (χ4v) is 5.16. The van der Waals surface area contributed by atoms with Crippen molar-refractivity contribution in [2.24, 2.45) is 11.3 Å². The molecule has 1 aliphatic heterocycles. The second-order valence-corrected chi connectivity index (χ2v) is 7.99. The molecule has 0 aromatic carbocycles. The summed E-state index contributed by atoms with van der Waals surface area (Å²) < 4.78 is 5.89. The summed E-state index contributed by atoms with van der Waals surface area (Å²) in [4.78, 5) is 18.7. The van der Waals surface area contributed by atoms with Crippen molar-refractivity contribution in [3.63, 3.8) is 0 Å². The summed E-state index contributed by atoms with van der Waals surface area (Å²) in [5.74, 6) is 0.515. The van der Waals surface area contributed by atoms with E-state index in [9.17, 15) is 4.79 Å². The Morgan fingerprint density at radius 2 is 2.35 bits per heavy atom. The molecule has 2 heterocycles. The van der Waals surface area contributed by atoms with E-state index in [1.807, 2.05) is 24.4 Å². The van der Waals surface area contributed by atoms with Gasteiger partial charge in [0.2, 0.25) is 0 Å². The Morgan fingerprint density at radius 3 is 3.00 bits per heavy atom. The summed E-state index contributed by atoms with van der Waals surface area (Å²) in [5, 5.41) is 9.12. The molecule has 7 heteroatoms. The van der Waals surface area contributed by atoms with E-state index in [-0.39, 0.29) is 17.5 Å². The Bertz CT molecular complexity index is 599. The Labute approximate surface area is 140 Å². The molecule has 0 radical (unpaired) electrons. The number of carbonyl (C=O) groups excluding carboxylic acids is 1. The summed E-state index contributed by atoms with van der Waals surface area (Å²) in [7, 11) is 3.94. The van der Waals surface area contributed by atoms with E-state index < -0.39 is 0 Å². The molecule has 126 valence electrons. The second kappa shape index (κ2) is 5.63. The van der Waals surface area contributed by atoms with Gasteiger partial charge in [-0.25, -0.2) is 9.78 Å². The molecular formula is C16H24N4O2S. The summed E-state index contributed by atoms with van der Waals surface area (Å²) in [6.07, 6.45) is 5.12. The molecule has 1 aromatic heterocycles. The number of nitrogens with zero attached hydrogens (tertiary/aromatic N) is 2. The minimum atomic E-state index is -0.0778. The van der Waals surface area contributed by atoms with Crippen molar-refractivity contribution in [3.8, 4) is 0 Å². The van der Waals surface area contributed by atoms with Crippen molar-refractivity contribution in [2.45, 2.75) is 44.4 Å². The normalized spacial score (nSPS) is 30.3. The standard InChI is InChI=1S/C16H24N4O2S/c1-20(2)15-18-10(9-23-15)8-17-14(21)19-12-11-4-7-22-13(11)16(12)5-3-6-16/h9,11-13H,3-8H2,1-2H3,(H2,17,19,21)/t11-,12-,13-/m1/s1. The third kappa shape index (κ3) is 2.41. The molecule has 0 unspecified atom stereocenters. The zero-order valence-electron chi connectivity index (χ0n) is 13.7. The Kier molecular flexibility index (Phi) is 3.72. The van der Waals surface area contributed by atoms with Gasteiger partial charge in [-0.05, 0) is 19.3 Å². The average molecular weight is 336 g/mol. The lowest BCUT2D eigenvalue weighted by Crippen LogP contribution is -2.72. The predicted molar refractivity (Wildman–Crippen MR) is 89.7 cm³/mol. The number of ether oxygens (including phenoxy) is 1. The lowest BCUT2D eigenvalue weighted by molar-refractivity contribution is -0.172. The van der Waals surface area contributed by atoms with Gasteiger partial charge < -0.3 is 20.3 Å². The van der Waals surface area contributed by atoms with Crippen LogP contribution in [0.3, 0.4) is 0 Å². The third-order valence-electron chi connectivity index (χ3n) is 5.67. The van der Waals surface area contributed by atoms with E-state index >= 15 is 0 Å². The molecule has 3 fully saturated rings. The number of hydrogen-bond acceptors (Lipinski definition) is 5. The van der Waals surface area contributed by atoms with Gasteiger partial charge in [-0.15, -0.1) is 11.3 Å². The van der Waals surface area contributed by atoms with Crippen LogP contribution in [-0.4, -0.2) is 43.9 Å². The molecule has 3 aliphatic rings. The number of hydrogen-bond donors (Lipinski definition) is 2. The van der Waals surface area contributed by atoms with Gasteiger partial charge in [0, 0.05) is 43.5 Å². The molecule has 1 saturated heterocycles. The maximum Gasteiger partial charge on any atom is 0.315 e. The number of amides is 2. The topological polar surface area (TPSA) is 66.5 Å². The maximum absolute atomic E-state index is 12.3. The second-order valence-electron chi connectivity index (χ2n) is 7.15. The molecule has 4 rings (SSSR count). The lowest BCUT2D eigenvalue weighted by atomic mass is 9.46. The fraction of sp³-hybridized carbons (Fsp3) is 0.750. The number of thiazole rings is 1. The minimum Gasteiger partial charge on any atom is -0.377 e. The molecule has 3 atom stereocenters. The van der Waals surface area contributed by atoms with Crippen molar-refractivity contribution >= 4 is 22.5 Å². The van der Waals surface area contributed by atoms with Crippen molar-refractivity contribution in [1.29, 1.82) is 0 Å². The van der Waals surface area contributed by atoms with Gasteiger partial charge in [0.25, 0.3) is 0 Å². The highest BCUT2D eigenvalue weighted by molar-refractivity contribution is 7.13. The van der Waals surface area contributed by atoms with Crippen LogP contribution in [0.2, 0.25) is 0 Å². The van der Waals surface area contributed by atoms with Crippen molar-refractivity contribution in [1.82, 2.24) is 15.6 Å². The van der Waals surface area contributed by atoms with E-state index in [0.717, 1.165) is 23.9 Å². The van der Waals surface area contributed by atoms with Crippen LogP contribution in [0.1, 0.15) is 31.4 Å². The van der Waals surface area contributed by atoms with E-state index in [0.29, 0.717) is 18.6 Å². The third-order valence-corrected chi connectivity index (χ3v) is 6.73. The molecule has 23 heavy (non-hydrogen) atoms. The molecule has 2 N–H and O–H groups in total. The molecule has 1 spiro atoms. The zero-order valence-corrected chi connectivity index (χ0v) is 14.5. The molecular weight excluding hydrogens is 312 g/mol. The van der Waals surface area contributed by atoms with Gasteiger partial charge in [0.1, 0.15) is 0 Å². The number of anilines is 1. The van der Waals surface area contributed by atoms with Crippen LogP contribution in [0, 0.1) is 11.3 Å². The van der Waals surface area contributed by atoms with Crippen LogP contribution in [-0.2, 0) is 11.3 Å². The maximum atomic E-state index is 12.3. The van der Waals surface area contributed by atoms with Crippen LogP contribution in [0.4, 0.5) is 9.93 Å². The van der Waals surface area contributed by atoms with Gasteiger partial charge >= 0.3 is 6.03 Å². The number of aromatic nitrogens is 1. The monoisotopic (exact) mass is 336 g/mol. The zero-order chi connectivity index (χ0) is 16.0. The summed E-state index contributed by atoms with van der Waals surface area (Å²) in [6.45, 7) is 1.32. The molecule has 2 amide bonds. The number of nitrogens with one attached hydrogen (secondary N) is 2. The largest absolute Gasteiger partial charge is 0.377 e. The molecule has 2 aliphatic carbocycles. The van der Waals surface area contributed by atoms with E-state index in [1.54, 1.807) is 11.3 Å². The minimum absolute atomic E-state index is 0.0778. The van der Waals surface area contributed by atoms with Crippen LogP contribution in [0.5, 0.6) is 0 Å². The number of urea groups is 1. The van der Waals surface area contributed by atoms with Gasteiger partial charge in [-0.1, -0.05) is 6.42 Å². The molecule has 1 aromatic rings. The number of carbonyl (C=O) groups is 1. The summed E-state index contributed by atoms with van der Waals surface area (Å²) >= 11 is 1.59. The molecule has 6 nitrogen and oxygen atoms in total. The van der Waals surface area contributed by atoms with Gasteiger partial charge in [0.05, 0.1) is 18.3 Å². The fourth-order valence-electron chi connectivity index (χ4n) is 4.40. The first-order valence-corrected chi connectivity index (χ1v) is 9.26. The van der Waals surface area contributed by atoms with E-state index in [2.05, 4.69) is 15.6 Å². The van der Waals surface area contributed by atoms with Crippen molar-refractivity contribution < 1.29 is 9.53 Å². The first-order chi connectivity index (χ1) is 11.1. The summed E-state index contributed by atoms with van der Waals surface area (Å²) in [5.41, 5.74) is 1.14. The average Bonchev–Trinajstić information content (AvgIpc) is 3.09. The van der Waals surface area contributed by atoms with Gasteiger partial charge in [0.15, 0.2) is 5.13 Å². The first kappa shape index (κ1) is 15.2. The highest BCUT2D eigenvalue weighted by Crippen LogP contribution is 2.62. The summed E-state index contributed by atoms with van der Waals surface area (Å²) in [6, 6.07) is 0.211. The van der Waals surface area contributed by atoms with Crippen LogP contribution < -0.4 is 15.5 Å². The lowest BCUT2D eigenvalue weighted by Gasteiger charge is -2.63. The van der Waals surface area contributed by atoms with Gasteiger partial charge in [-0.3, -0.25) is 0 Å². The SMILES string of the molecule is CN(C)c1nc(CNC(=O)N[C@@H]2[C@H]3CCO[C@H]3C23CCC3)cs1. The highest BCUT2D eigenvalue weighted by Gasteiger charge is 2.66. The molecule has 2 saturated carbocycles. The van der Waals surface area contributed by atoms with E-state index in [1.165, 1.54) is 19.3 Å². The van der Waals surface area contributed by atoms with Crippen LogP contribution in [0.25, 0.3) is 0 Å². The number of rotatable bonds is 4. The number of fused-ring (bicyclic) bond motifs is 2. The Morgan fingerprint density at radius 1 is 1.52 bits per heavy atom. The Balaban J connectivity index is 1.31. The van der Waals surface area contributed by atoms with Crippen molar-refractivity contribution in [3.05, 3.63) is 11.1 Å². The Hall–Kier alpha value is -1.34. The van der Waals surface area contributed by atoms with Crippen LogP contribution >= 0.6 is 11.3 Å². The quantitative estimate of drug-likeness (QED) is 0.882. The smallest absolute Gasteiger partial charge is 0.315 e. The van der Waals surface area contributed by atoms with Crippen molar-refractivity contribution in [2.75, 3.05) is 25.6 Å².